The number of nitrogens with two attached hydrogens (primary N) is 1. The van der Waals surface area contributed by atoms with Crippen molar-refractivity contribution in [3.05, 3.63) is 60.6 Å². The first-order valence-corrected chi connectivity index (χ1v) is 9.62. The second-order valence-electron chi connectivity index (χ2n) is 6.18. The van der Waals surface area contributed by atoms with Crippen molar-refractivity contribution in [3.63, 3.8) is 0 Å². The lowest BCUT2D eigenvalue weighted by molar-refractivity contribution is -0.119. The molecule has 3 aromatic heterocycles. The number of rotatable bonds is 6. The van der Waals surface area contributed by atoms with Gasteiger partial charge in [0.1, 0.15) is 11.3 Å². The molecule has 0 bridgehead atoms. The van der Waals surface area contributed by atoms with E-state index in [-0.39, 0.29) is 17.7 Å². The van der Waals surface area contributed by atoms with Crippen LogP contribution >= 0.6 is 11.8 Å². The molecular formula is C19H18N6O2S. The number of nitrogens with zero attached hydrogens (tertiary/aromatic N) is 4. The predicted octanol–water partition coefficient (Wildman–Crippen LogP) is 2.77. The van der Waals surface area contributed by atoms with Crippen molar-refractivity contribution in [2.75, 3.05) is 11.6 Å². The number of nitrogen functional groups attached to an aromatic ring is 1. The second-order valence-corrected chi connectivity index (χ2v) is 7.12. The standard InChI is InChI=1S/C19H18N6O2S/c1-12(16-9-13-5-2-3-7-15(13)27-16)22-17(26)11-28-19-24-23-18(25(19)20)14-6-4-8-21-10-14/h2-10,12H,11,20H2,1H3,(H,22,26)/t12-/m1/s1. The molecule has 0 saturated heterocycles. The number of carbonyl (C=O) groups is 1. The number of fused-ring (bicyclic) bond motifs is 1. The lowest BCUT2D eigenvalue weighted by atomic mass is 10.2. The molecule has 8 nitrogen and oxygen atoms in total. The van der Waals surface area contributed by atoms with Gasteiger partial charge in [-0.25, -0.2) is 4.68 Å². The van der Waals surface area contributed by atoms with Gasteiger partial charge in [-0.3, -0.25) is 9.78 Å². The molecule has 1 atom stereocenters. The van der Waals surface area contributed by atoms with E-state index < -0.39 is 0 Å². The van der Waals surface area contributed by atoms with Crippen molar-refractivity contribution in [3.8, 4) is 11.4 Å². The molecule has 3 heterocycles. The number of aromatic nitrogens is 4. The van der Waals surface area contributed by atoms with Gasteiger partial charge in [0.05, 0.1) is 11.8 Å². The minimum Gasteiger partial charge on any atom is -0.459 e. The maximum absolute atomic E-state index is 12.3. The summed E-state index contributed by atoms with van der Waals surface area (Å²) in [4.78, 5) is 16.4. The summed E-state index contributed by atoms with van der Waals surface area (Å²) < 4.78 is 7.15. The van der Waals surface area contributed by atoms with Gasteiger partial charge in [0.2, 0.25) is 11.1 Å². The zero-order chi connectivity index (χ0) is 19.5. The zero-order valence-corrected chi connectivity index (χ0v) is 15.9. The van der Waals surface area contributed by atoms with Crippen LogP contribution in [-0.2, 0) is 4.79 Å². The number of pyridine rings is 1. The van der Waals surface area contributed by atoms with Crippen molar-refractivity contribution in [1.82, 2.24) is 25.2 Å². The first kappa shape index (κ1) is 18.1. The molecule has 0 unspecified atom stereocenters. The Bertz CT molecular complexity index is 1080. The quantitative estimate of drug-likeness (QED) is 0.382. The topological polar surface area (TPSA) is 112 Å². The van der Waals surface area contributed by atoms with E-state index in [9.17, 15) is 4.79 Å². The Morgan fingerprint density at radius 3 is 2.93 bits per heavy atom. The van der Waals surface area contributed by atoms with E-state index in [4.69, 9.17) is 10.3 Å². The number of amides is 1. The molecule has 0 fully saturated rings. The average molecular weight is 394 g/mol. The lowest BCUT2D eigenvalue weighted by Gasteiger charge is -2.11. The number of para-hydroxylation sites is 1. The maximum atomic E-state index is 12.3. The number of hydrogen-bond acceptors (Lipinski definition) is 7. The smallest absolute Gasteiger partial charge is 0.231 e. The summed E-state index contributed by atoms with van der Waals surface area (Å²) in [6, 6.07) is 13.1. The fraction of sp³-hybridized carbons (Fsp3) is 0.158. The molecular weight excluding hydrogens is 376 g/mol. The minimum absolute atomic E-state index is 0.149. The van der Waals surface area contributed by atoms with Crippen LogP contribution in [0.1, 0.15) is 18.7 Å². The van der Waals surface area contributed by atoms with Gasteiger partial charge in [0.25, 0.3) is 0 Å². The summed E-state index contributed by atoms with van der Waals surface area (Å²) in [6.45, 7) is 1.88. The summed E-state index contributed by atoms with van der Waals surface area (Å²) in [7, 11) is 0. The van der Waals surface area contributed by atoms with Crippen LogP contribution in [-0.4, -0.2) is 31.5 Å². The van der Waals surface area contributed by atoms with Crippen LogP contribution in [0.15, 0.2) is 64.4 Å². The summed E-state index contributed by atoms with van der Waals surface area (Å²) in [5.74, 6) is 7.26. The first-order chi connectivity index (χ1) is 13.6. The van der Waals surface area contributed by atoms with E-state index in [1.165, 1.54) is 16.4 Å². The Balaban J connectivity index is 1.37. The van der Waals surface area contributed by atoms with Crippen molar-refractivity contribution in [2.45, 2.75) is 18.1 Å². The molecule has 4 rings (SSSR count). The third-order valence-electron chi connectivity index (χ3n) is 4.17. The fourth-order valence-corrected chi connectivity index (χ4v) is 3.44. The van der Waals surface area contributed by atoms with E-state index in [1.807, 2.05) is 43.3 Å². The van der Waals surface area contributed by atoms with E-state index in [1.54, 1.807) is 18.5 Å². The Hall–Kier alpha value is -3.33. The zero-order valence-electron chi connectivity index (χ0n) is 15.1. The largest absolute Gasteiger partial charge is 0.459 e. The number of benzene rings is 1. The van der Waals surface area contributed by atoms with Gasteiger partial charge in [0.15, 0.2) is 5.82 Å². The van der Waals surface area contributed by atoms with Gasteiger partial charge < -0.3 is 15.6 Å². The molecule has 4 aromatic rings. The van der Waals surface area contributed by atoms with Crippen molar-refractivity contribution < 1.29 is 9.21 Å². The normalized spacial score (nSPS) is 12.2. The van der Waals surface area contributed by atoms with Gasteiger partial charge >= 0.3 is 0 Å². The number of hydrogen-bond donors (Lipinski definition) is 2. The summed E-state index contributed by atoms with van der Waals surface area (Å²) in [5, 5.41) is 12.5. The van der Waals surface area contributed by atoms with Crippen LogP contribution in [0.3, 0.4) is 0 Å². The Morgan fingerprint density at radius 2 is 2.14 bits per heavy atom. The molecule has 0 aliphatic carbocycles. The highest BCUT2D eigenvalue weighted by Crippen LogP contribution is 2.24. The van der Waals surface area contributed by atoms with Gasteiger partial charge in [-0.15, -0.1) is 10.2 Å². The fourth-order valence-electron chi connectivity index (χ4n) is 2.77. The third kappa shape index (κ3) is 3.70. The van der Waals surface area contributed by atoms with Crippen LogP contribution in [0, 0.1) is 0 Å². The summed E-state index contributed by atoms with van der Waals surface area (Å²) in [6.07, 6.45) is 3.33. The van der Waals surface area contributed by atoms with Crippen LogP contribution < -0.4 is 11.2 Å². The summed E-state index contributed by atoms with van der Waals surface area (Å²) >= 11 is 1.21. The van der Waals surface area contributed by atoms with Gasteiger partial charge in [-0.2, -0.15) is 0 Å². The number of furan rings is 1. The van der Waals surface area contributed by atoms with Gasteiger partial charge in [-0.1, -0.05) is 30.0 Å². The summed E-state index contributed by atoms with van der Waals surface area (Å²) in [5.41, 5.74) is 1.56. The molecule has 0 radical (unpaired) electrons. The van der Waals surface area contributed by atoms with Crippen molar-refractivity contribution >= 4 is 28.6 Å². The minimum atomic E-state index is -0.248. The molecule has 0 aliphatic heterocycles. The highest BCUT2D eigenvalue weighted by Gasteiger charge is 2.17. The highest BCUT2D eigenvalue weighted by molar-refractivity contribution is 7.99. The molecule has 0 saturated carbocycles. The van der Waals surface area contributed by atoms with E-state index in [2.05, 4.69) is 20.5 Å². The van der Waals surface area contributed by atoms with Crippen molar-refractivity contribution in [1.29, 1.82) is 0 Å². The van der Waals surface area contributed by atoms with Gasteiger partial charge in [0, 0.05) is 23.3 Å². The first-order valence-electron chi connectivity index (χ1n) is 8.63. The average Bonchev–Trinajstić information content (AvgIpc) is 3.30. The monoisotopic (exact) mass is 394 g/mol. The highest BCUT2D eigenvalue weighted by atomic mass is 32.2. The Morgan fingerprint density at radius 1 is 1.29 bits per heavy atom. The molecule has 142 valence electrons. The van der Waals surface area contributed by atoms with Crippen LogP contribution in [0.5, 0.6) is 0 Å². The SMILES string of the molecule is C[C@@H](NC(=O)CSc1nnc(-c2cccnc2)n1N)c1cc2ccccc2o1. The van der Waals surface area contributed by atoms with Crippen LogP contribution in [0.4, 0.5) is 0 Å². The molecule has 28 heavy (non-hydrogen) atoms. The van der Waals surface area contributed by atoms with Crippen LogP contribution in [0.2, 0.25) is 0 Å². The maximum Gasteiger partial charge on any atom is 0.231 e. The molecule has 1 aromatic carbocycles. The molecule has 0 spiro atoms. The number of thioether (sulfide) groups is 1. The second kappa shape index (κ2) is 7.73. The lowest BCUT2D eigenvalue weighted by Crippen LogP contribution is -2.28. The van der Waals surface area contributed by atoms with Crippen molar-refractivity contribution in [2.24, 2.45) is 0 Å². The number of carbonyl (C=O) groups excluding carboxylic acids is 1. The van der Waals surface area contributed by atoms with E-state index >= 15 is 0 Å². The Kier molecular flexibility index (Phi) is 4.98. The van der Waals surface area contributed by atoms with E-state index in [0.717, 1.165) is 16.5 Å². The Labute approximate surface area is 165 Å². The van der Waals surface area contributed by atoms with Crippen LogP contribution in [0.25, 0.3) is 22.4 Å². The van der Waals surface area contributed by atoms with Gasteiger partial charge in [-0.05, 0) is 31.2 Å². The number of nitrogens with one attached hydrogen (secondary N) is 1. The molecule has 0 aliphatic rings. The third-order valence-corrected chi connectivity index (χ3v) is 5.11. The van der Waals surface area contributed by atoms with E-state index in [0.29, 0.717) is 16.7 Å². The molecule has 9 heteroatoms. The molecule has 3 N–H and O–H groups in total. The molecule has 1 amide bonds. The predicted molar refractivity (Wildman–Crippen MR) is 107 cm³/mol.